The predicted octanol–water partition coefficient (Wildman–Crippen LogP) is 3.42. The van der Waals surface area contributed by atoms with E-state index in [9.17, 15) is 9.59 Å². The summed E-state index contributed by atoms with van der Waals surface area (Å²) in [6.07, 6.45) is 0. The molecule has 0 fully saturated rings. The van der Waals surface area contributed by atoms with Crippen LogP contribution in [0.4, 0.5) is 4.79 Å². The number of methoxy groups -OCH3 is 1. The van der Waals surface area contributed by atoms with Crippen LogP contribution < -0.4 is 5.32 Å². The van der Waals surface area contributed by atoms with Gasteiger partial charge in [0, 0.05) is 12.8 Å². The monoisotopic (exact) mass is 380 g/mol. The Hall–Kier alpha value is -3.12. The van der Waals surface area contributed by atoms with Crippen molar-refractivity contribution in [2.24, 2.45) is 0 Å². The van der Waals surface area contributed by atoms with Crippen LogP contribution in [-0.4, -0.2) is 37.2 Å². The Morgan fingerprint density at radius 1 is 1.04 bits per heavy atom. The molecule has 1 aliphatic rings. The third-order valence-electron chi connectivity index (χ3n) is 4.65. The van der Waals surface area contributed by atoms with E-state index >= 15 is 0 Å². The quantitative estimate of drug-likeness (QED) is 0.590. The van der Waals surface area contributed by atoms with Crippen LogP contribution in [-0.2, 0) is 20.8 Å². The van der Waals surface area contributed by atoms with E-state index in [1.807, 2.05) is 60.7 Å². The Labute approximate surface area is 164 Å². The van der Waals surface area contributed by atoms with Gasteiger partial charge in [0.25, 0.3) is 0 Å². The van der Waals surface area contributed by atoms with E-state index in [-0.39, 0.29) is 12.6 Å². The van der Waals surface area contributed by atoms with Crippen LogP contribution in [0.25, 0.3) is 0 Å². The van der Waals surface area contributed by atoms with Gasteiger partial charge in [-0.3, -0.25) is 4.90 Å². The fourth-order valence-corrected chi connectivity index (χ4v) is 3.19. The second-order valence-electron chi connectivity index (χ2n) is 6.49. The Balaban J connectivity index is 1.96. The molecule has 0 saturated heterocycles. The number of benzene rings is 2. The van der Waals surface area contributed by atoms with Gasteiger partial charge in [-0.05, 0) is 18.1 Å². The summed E-state index contributed by atoms with van der Waals surface area (Å²) in [6, 6.07) is 18.3. The van der Waals surface area contributed by atoms with Crippen LogP contribution in [0.1, 0.15) is 24.1 Å². The Morgan fingerprint density at radius 2 is 1.68 bits per heavy atom. The lowest BCUT2D eigenvalue weighted by atomic mass is 9.94. The summed E-state index contributed by atoms with van der Waals surface area (Å²) in [5.74, 6) is -0.457. The summed E-state index contributed by atoms with van der Waals surface area (Å²) >= 11 is 0. The molecule has 1 aliphatic heterocycles. The molecule has 2 aromatic rings. The summed E-state index contributed by atoms with van der Waals surface area (Å²) in [5, 5.41) is 2.95. The van der Waals surface area contributed by atoms with Crippen molar-refractivity contribution in [2.75, 3.05) is 20.3 Å². The number of hydrogen-bond acceptors (Lipinski definition) is 4. The predicted molar refractivity (Wildman–Crippen MR) is 105 cm³/mol. The smallest absolute Gasteiger partial charge is 0.338 e. The molecule has 28 heavy (non-hydrogen) atoms. The van der Waals surface area contributed by atoms with Crippen LogP contribution in [0.5, 0.6) is 0 Å². The number of esters is 1. The lowest BCUT2D eigenvalue weighted by Gasteiger charge is -2.35. The van der Waals surface area contributed by atoms with Crippen LogP contribution in [0.2, 0.25) is 0 Å². The van der Waals surface area contributed by atoms with Crippen molar-refractivity contribution in [1.29, 1.82) is 0 Å². The van der Waals surface area contributed by atoms with Crippen LogP contribution in [0.3, 0.4) is 0 Å². The third-order valence-corrected chi connectivity index (χ3v) is 4.65. The number of carbonyl (C=O) groups is 2. The number of carbonyl (C=O) groups excluding carboxylic acids is 2. The number of rotatable bonds is 7. The molecule has 0 aromatic heterocycles. The molecule has 0 saturated carbocycles. The second-order valence-corrected chi connectivity index (χ2v) is 6.49. The van der Waals surface area contributed by atoms with Gasteiger partial charge in [0.15, 0.2) is 0 Å². The van der Waals surface area contributed by atoms with Crippen molar-refractivity contribution >= 4 is 12.0 Å². The van der Waals surface area contributed by atoms with Crippen molar-refractivity contribution in [3.05, 3.63) is 83.1 Å². The van der Waals surface area contributed by atoms with Gasteiger partial charge in [0.1, 0.15) is 6.61 Å². The van der Waals surface area contributed by atoms with E-state index < -0.39 is 12.0 Å². The highest BCUT2D eigenvalue weighted by atomic mass is 16.6. The minimum absolute atomic E-state index is 0.153. The van der Waals surface area contributed by atoms with Crippen molar-refractivity contribution in [1.82, 2.24) is 10.2 Å². The van der Waals surface area contributed by atoms with Gasteiger partial charge in [0.2, 0.25) is 0 Å². The summed E-state index contributed by atoms with van der Waals surface area (Å²) in [4.78, 5) is 27.3. The van der Waals surface area contributed by atoms with E-state index in [0.717, 1.165) is 11.1 Å². The topological polar surface area (TPSA) is 67.9 Å². The molecule has 2 aromatic carbocycles. The number of amides is 2. The first kappa shape index (κ1) is 19.6. The van der Waals surface area contributed by atoms with Gasteiger partial charge in [-0.25, -0.2) is 9.59 Å². The SMILES string of the molecule is COCCOC(=O)C1=C(C)N(Cc2ccccc2)C(=O)NC1c1ccccc1. The van der Waals surface area contributed by atoms with Crippen LogP contribution >= 0.6 is 0 Å². The molecular weight excluding hydrogens is 356 g/mol. The molecule has 146 valence electrons. The Kier molecular flexibility index (Phi) is 6.45. The zero-order valence-electron chi connectivity index (χ0n) is 16.1. The first-order valence-electron chi connectivity index (χ1n) is 9.15. The summed E-state index contributed by atoms with van der Waals surface area (Å²) in [6.45, 7) is 2.62. The van der Waals surface area contributed by atoms with E-state index in [1.54, 1.807) is 18.9 Å². The molecule has 1 heterocycles. The van der Waals surface area contributed by atoms with Gasteiger partial charge >= 0.3 is 12.0 Å². The number of ether oxygens (including phenoxy) is 2. The van der Waals surface area contributed by atoms with Crippen molar-refractivity contribution in [3.8, 4) is 0 Å². The maximum Gasteiger partial charge on any atom is 0.338 e. The minimum Gasteiger partial charge on any atom is -0.460 e. The zero-order valence-corrected chi connectivity index (χ0v) is 16.1. The number of nitrogens with one attached hydrogen (secondary N) is 1. The maximum absolute atomic E-state index is 12.9. The lowest BCUT2D eigenvalue weighted by Crippen LogP contribution is -2.47. The Morgan fingerprint density at radius 3 is 2.32 bits per heavy atom. The van der Waals surface area contributed by atoms with Crippen LogP contribution in [0, 0.1) is 0 Å². The van der Waals surface area contributed by atoms with E-state index in [0.29, 0.717) is 24.4 Å². The number of hydrogen-bond donors (Lipinski definition) is 1. The molecular formula is C22H24N2O4. The molecule has 2 amide bonds. The fourth-order valence-electron chi connectivity index (χ4n) is 3.19. The fraction of sp³-hybridized carbons (Fsp3) is 0.273. The molecule has 1 unspecified atom stereocenters. The van der Waals surface area contributed by atoms with Crippen molar-refractivity contribution in [3.63, 3.8) is 0 Å². The summed E-state index contributed by atoms with van der Waals surface area (Å²) in [5.41, 5.74) is 2.82. The highest BCUT2D eigenvalue weighted by Crippen LogP contribution is 2.32. The third kappa shape index (κ3) is 4.40. The highest BCUT2D eigenvalue weighted by Gasteiger charge is 2.36. The summed E-state index contributed by atoms with van der Waals surface area (Å²) in [7, 11) is 1.55. The van der Waals surface area contributed by atoms with Gasteiger partial charge in [0.05, 0.1) is 24.8 Å². The van der Waals surface area contributed by atoms with E-state index in [1.165, 1.54) is 0 Å². The summed E-state index contributed by atoms with van der Waals surface area (Å²) < 4.78 is 10.3. The molecule has 6 nitrogen and oxygen atoms in total. The molecule has 1 atom stereocenters. The number of nitrogens with zero attached hydrogens (tertiary/aromatic N) is 1. The first-order chi connectivity index (χ1) is 13.6. The second kappa shape index (κ2) is 9.19. The largest absolute Gasteiger partial charge is 0.460 e. The molecule has 0 bridgehead atoms. The molecule has 0 aliphatic carbocycles. The standard InChI is InChI=1S/C22H24N2O4/c1-16-19(21(25)28-14-13-27-2)20(18-11-7-4-8-12-18)23-22(26)24(16)15-17-9-5-3-6-10-17/h3-12,20H,13-15H2,1-2H3,(H,23,26). The van der Waals surface area contributed by atoms with Crippen molar-refractivity contribution < 1.29 is 19.1 Å². The molecule has 1 N–H and O–H groups in total. The molecule has 0 spiro atoms. The zero-order chi connectivity index (χ0) is 19.9. The number of allylic oxidation sites excluding steroid dienone is 1. The molecule has 0 radical (unpaired) electrons. The maximum atomic E-state index is 12.9. The van der Waals surface area contributed by atoms with Crippen LogP contribution in [0.15, 0.2) is 71.9 Å². The Bertz CT molecular complexity index is 849. The van der Waals surface area contributed by atoms with Gasteiger partial charge in [-0.1, -0.05) is 60.7 Å². The van der Waals surface area contributed by atoms with E-state index in [4.69, 9.17) is 9.47 Å². The number of urea groups is 1. The van der Waals surface area contributed by atoms with Gasteiger partial charge < -0.3 is 14.8 Å². The van der Waals surface area contributed by atoms with Gasteiger partial charge in [-0.15, -0.1) is 0 Å². The lowest BCUT2D eigenvalue weighted by molar-refractivity contribution is -0.140. The highest BCUT2D eigenvalue weighted by molar-refractivity contribution is 5.95. The van der Waals surface area contributed by atoms with Crippen molar-refractivity contribution in [2.45, 2.75) is 19.5 Å². The van der Waals surface area contributed by atoms with E-state index in [2.05, 4.69) is 5.32 Å². The average molecular weight is 380 g/mol. The minimum atomic E-state index is -0.559. The average Bonchev–Trinajstić information content (AvgIpc) is 2.72. The molecule has 3 rings (SSSR count). The van der Waals surface area contributed by atoms with Gasteiger partial charge in [-0.2, -0.15) is 0 Å². The first-order valence-corrected chi connectivity index (χ1v) is 9.15. The normalized spacial score (nSPS) is 16.7. The molecule has 6 heteroatoms.